The first-order chi connectivity index (χ1) is 4.84. The summed E-state index contributed by atoms with van der Waals surface area (Å²) in [5.74, 6) is 0. The highest BCUT2D eigenvalue weighted by Crippen LogP contribution is 2.23. The molecule has 0 heterocycles. The molecular weight excluding hydrogens is 136 g/mol. The molecule has 0 aliphatic rings. The van der Waals surface area contributed by atoms with Crippen LogP contribution in [-0.4, -0.2) is 11.2 Å². The topological polar surface area (TPSA) is 20.2 Å². The molecule has 0 aromatic rings. The number of hydrogen-bond donors (Lipinski definition) is 1. The average molecular weight is 156 g/mol. The van der Waals surface area contributed by atoms with E-state index in [-0.39, 0.29) is 11.5 Å². The van der Waals surface area contributed by atoms with E-state index >= 15 is 0 Å². The lowest BCUT2D eigenvalue weighted by Crippen LogP contribution is -2.25. The first-order valence-electron chi connectivity index (χ1n) is 4.16. The predicted molar refractivity (Wildman–Crippen MR) is 49.5 cm³/mol. The SMILES string of the molecule is C=C(C)CCC(O)C(C)(C)C. The molecule has 1 unspecified atom stereocenters. The van der Waals surface area contributed by atoms with Crippen molar-refractivity contribution in [1.82, 2.24) is 0 Å². The molecule has 1 atom stereocenters. The van der Waals surface area contributed by atoms with Gasteiger partial charge in [0.1, 0.15) is 0 Å². The molecule has 11 heavy (non-hydrogen) atoms. The lowest BCUT2D eigenvalue weighted by atomic mass is 9.86. The van der Waals surface area contributed by atoms with Gasteiger partial charge in [0.05, 0.1) is 6.10 Å². The van der Waals surface area contributed by atoms with Crippen LogP contribution >= 0.6 is 0 Å². The Labute approximate surface area is 70.1 Å². The summed E-state index contributed by atoms with van der Waals surface area (Å²) in [7, 11) is 0. The van der Waals surface area contributed by atoms with Crippen LogP contribution in [0.25, 0.3) is 0 Å². The van der Waals surface area contributed by atoms with Crippen LogP contribution < -0.4 is 0 Å². The van der Waals surface area contributed by atoms with Gasteiger partial charge in [0.25, 0.3) is 0 Å². The molecular formula is C10H20O. The van der Waals surface area contributed by atoms with E-state index in [2.05, 4.69) is 27.4 Å². The van der Waals surface area contributed by atoms with Crippen molar-refractivity contribution >= 4 is 0 Å². The fraction of sp³-hybridized carbons (Fsp3) is 0.800. The fourth-order valence-electron chi connectivity index (χ4n) is 0.816. The molecule has 0 aromatic heterocycles. The molecule has 0 radical (unpaired) electrons. The molecule has 0 saturated heterocycles. The van der Waals surface area contributed by atoms with E-state index in [9.17, 15) is 5.11 Å². The first-order valence-corrected chi connectivity index (χ1v) is 4.16. The normalized spacial score (nSPS) is 14.6. The van der Waals surface area contributed by atoms with Crippen molar-refractivity contribution in [3.63, 3.8) is 0 Å². The Balaban J connectivity index is 3.70. The van der Waals surface area contributed by atoms with Crippen LogP contribution in [-0.2, 0) is 0 Å². The highest BCUT2D eigenvalue weighted by molar-refractivity contribution is 4.89. The maximum absolute atomic E-state index is 9.59. The Hall–Kier alpha value is -0.300. The number of allylic oxidation sites excluding steroid dienone is 1. The molecule has 0 aromatic carbocycles. The standard InChI is InChI=1S/C10H20O/c1-8(2)6-7-9(11)10(3,4)5/h9,11H,1,6-7H2,2-5H3. The largest absolute Gasteiger partial charge is 0.393 e. The highest BCUT2D eigenvalue weighted by Gasteiger charge is 2.20. The van der Waals surface area contributed by atoms with Gasteiger partial charge < -0.3 is 5.11 Å². The van der Waals surface area contributed by atoms with Crippen molar-refractivity contribution in [3.8, 4) is 0 Å². The smallest absolute Gasteiger partial charge is 0.0591 e. The molecule has 1 N–H and O–H groups in total. The monoisotopic (exact) mass is 156 g/mol. The average Bonchev–Trinajstić information content (AvgIpc) is 1.80. The molecule has 0 aliphatic heterocycles. The molecule has 1 heteroatoms. The number of aliphatic hydroxyl groups excluding tert-OH is 1. The fourth-order valence-corrected chi connectivity index (χ4v) is 0.816. The Kier molecular flexibility index (Phi) is 3.81. The number of rotatable bonds is 3. The van der Waals surface area contributed by atoms with Crippen molar-refractivity contribution in [2.75, 3.05) is 0 Å². The van der Waals surface area contributed by atoms with Gasteiger partial charge in [0.2, 0.25) is 0 Å². The summed E-state index contributed by atoms with van der Waals surface area (Å²) in [4.78, 5) is 0. The Morgan fingerprint density at radius 1 is 1.45 bits per heavy atom. The summed E-state index contributed by atoms with van der Waals surface area (Å²) in [5, 5.41) is 9.59. The van der Waals surface area contributed by atoms with Crippen molar-refractivity contribution in [2.45, 2.75) is 46.6 Å². The van der Waals surface area contributed by atoms with Gasteiger partial charge in [0.15, 0.2) is 0 Å². The third-order valence-electron chi connectivity index (χ3n) is 1.84. The van der Waals surface area contributed by atoms with Crippen LogP contribution in [0.3, 0.4) is 0 Å². The second-order valence-electron chi connectivity index (χ2n) is 4.38. The van der Waals surface area contributed by atoms with Gasteiger partial charge in [-0.15, -0.1) is 6.58 Å². The van der Waals surface area contributed by atoms with Gasteiger partial charge in [0, 0.05) is 0 Å². The summed E-state index contributed by atoms with van der Waals surface area (Å²) < 4.78 is 0. The van der Waals surface area contributed by atoms with Gasteiger partial charge in [-0.25, -0.2) is 0 Å². The van der Waals surface area contributed by atoms with Crippen molar-refractivity contribution < 1.29 is 5.11 Å². The third kappa shape index (κ3) is 5.02. The Morgan fingerprint density at radius 3 is 2.18 bits per heavy atom. The zero-order chi connectivity index (χ0) is 9.07. The summed E-state index contributed by atoms with van der Waals surface area (Å²) in [6.07, 6.45) is 1.55. The van der Waals surface area contributed by atoms with Crippen LogP contribution in [0, 0.1) is 5.41 Å². The lowest BCUT2D eigenvalue weighted by molar-refractivity contribution is 0.0560. The second-order valence-corrected chi connectivity index (χ2v) is 4.38. The molecule has 0 aliphatic carbocycles. The molecule has 0 spiro atoms. The highest BCUT2D eigenvalue weighted by atomic mass is 16.3. The second kappa shape index (κ2) is 3.91. The van der Waals surface area contributed by atoms with Crippen LogP contribution in [0.4, 0.5) is 0 Å². The predicted octanol–water partition coefficient (Wildman–Crippen LogP) is 2.75. The minimum Gasteiger partial charge on any atom is -0.393 e. The molecule has 0 fully saturated rings. The van der Waals surface area contributed by atoms with Gasteiger partial charge in [-0.05, 0) is 25.2 Å². The lowest BCUT2D eigenvalue weighted by Gasteiger charge is -2.25. The third-order valence-corrected chi connectivity index (χ3v) is 1.84. The van der Waals surface area contributed by atoms with Gasteiger partial charge in [-0.1, -0.05) is 26.3 Å². The molecule has 1 nitrogen and oxygen atoms in total. The first kappa shape index (κ1) is 10.7. The van der Waals surface area contributed by atoms with Crippen molar-refractivity contribution in [1.29, 1.82) is 0 Å². The van der Waals surface area contributed by atoms with Crippen LogP contribution in [0.2, 0.25) is 0 Å². The molecule has 66 valence electrons. The van der Waals surface area contributed by atoms with E-state index in [4.69, 9.17) is 0 Å². The minimum absolute atomic E-state index is 0.00937. The van der Waals surface area contributed by atoms with E-state index in [0.717, 1.165) is 18.4 Å². The van der Waals surface area contributed by atoms with E-state index in [1.165, 1.54) is 0 Å². The van der Waals surface area contributed by atoms with E-state index in [1.807, 2.05) is 6.92 Å². The summed E-state index contributed by atoms with van der Waals surface area (Å²) in [6, 6.07) is 0. The summed E-state index contributed by atoms with van der Waals surface area (Å²) in [5.41, 5.74) is 1.16. The summed E-state index contributed by atoms with van der Waals surface area (Å²) in [6.45, 7) is 11.9. The Morgan fingerprint density at radius 2 is 1.91 bits per heavy atom. The minimum atomic E-state index is -0.209. The zero-order valence-electron chi connectivity index (χ0n) is 8.15. The quantitative estimate of drug-likeness (QED) is 0.623. The van der Waals surface area contributed by atoms with E-state index in [1.54, 1.807) is 0 Å². The number of aliphatic hydroxyl groups is 1. The molecule has 0 amide bonds. The Bertz CT molecular complexity index is 130. The van der Waals surface area contributed by atoms with E-state index in [0.29, 0.717) is 0 Å². The van der Waals surface area contributed by atoms with Gasteiger partial charge in [-0.2, -0.15) is 0 Å². The van der Waals surface area contributed by atoms with Crippen LogP contribution in [0.15, 0.2) is 12.2 Å². The van der Waals surface area contributed by atoms with Gasteiger partial charge in [-0.3, -0.25) is 0 Å². The maximum Gasteiger partial charge on any atom is 0.0591 e. The zero-order valence-corrected chi connectivity index (χ0v) is 8.15. The summed E-state index contributed by atoms with van der Waals surface area (Å²) >= 11 is 0. The van der Waals surface area contributed by atoms with Crippen molar-refractivity contribution in [3.05, 3.63) is 12.2 Å². The number of hydrogen-bond acceptors (Lipinski definition) is 1. The van der Waals surface area contributed by atoms with Gasteiger partial charge >= 0.3 is 0 Å². The molecule has 0 rings (SSSR count). The maximum atomic E-state index is 9.59. The molecule has 0 saturated carbocycles. The van der Waals surface area contributed by atoms with Crippen LogP contribution in [0.1, 0.15) is 40.5 Å². The van der Waals surface area contributed by atoms with Crippen LogP contribution in [0.5, 0.6) is 0 Å². The molecule has 0 bridgehead atoms. The van der Waals surface area contributed by atoms with Crippen molar-refractivity contribution in [2.24, 2.45) is 5.41 Å². The van der Waals surface area contributed by atoms with E-state index < -0.39 is 0 Å².